The van der Waals surface area contributed by atoms with Gasteiger partial charge in [-0.3, -0.25) is 9.69 Å². The maximum atomic E-state index is 15.1. The zero-order valence-electron chi connectivity index (χ0n) is 31.2. The maximum Gasteiger partial charge on any atom is 0.199 e. The highest BCUT2D eigenvalue weighted by atomic mass is 32.1. The minimum atomic E-state index is -0.982. The van der Waals surface area contributed by atoms with Gasteiger partial charge in [-0.15, -0.1) is 11.3 Å². The van der Waals surface area contributed by atoms with E-state index in [1.165, 1.54) is 38.5 Å². The molecule has 2 aromatic rings. The number of aliphatic hydroxyl groups is 4. The summed E-state index contributed by atoms with van der Waals surface area (Å²) in [6, 6.07) is 10.3. The molecule has 7 heteroatoms. The number of carbonyl (C=O) groups excluding carboxylic acids is 1. The number of hydrogen-bond acceptors (Lipinski definition) is 7. The first-order valence-electron chi connectivity index (χ1n) is 20.7. The molecule has 0 aliphatic heterocycles. The Bertz CT molecular complexity index is 1780. The largest absolute Gasteiger partial charge is 0.394 e. The molecule has 52 heavy (non-hydrogen) atoms. The van der Waals surface area contributed by atoms with Crippen molar-refractivity contribution in [2.75, 3.05) is 26.2 Å². The van der Waals surface area contributed by atoms with E-state index in [1.54, 1.807) is 11.3 Å². The highest BCUT2D eigenvalue weighted by Gasteiger charge is 2.74. The molecule has 0 amide bonds. The fourth-order valence-electron chi connectivity index (χ4n) is 15.7. The van der Waals surface area contributed by atoms with E-state index in [2.05, 4.69) is 55.2 Å². The second-order valence-corrected chi connectivity index (χ2v) is 21.3. The van der Waals surface area contributed by atoms with Gasteiger partial charge in [0.2, 0.25) is 0 Å². The maximum absolute atomic E-state index is 15.1. The van der Waals surface area contributed by atoms with Crippen molar-refractivity contribution in [3.8, 4) is 0 Å². The van der Waals surface area contributed by atoms with E-state index in [0.717, 1.165) is 76.9 Å². The zero-order chi connectivity index (χ0) is 35.9. The molecule has 280 valence electrons. The molecule has 2 spiro atoms. The predicted octanol–water partition coefficient (Wildman–Crippen LogP) is 7.55. The van der Waals surface area contributed by atoms with Gasteiger partial charge in [0.15, 0.2) is 5.78 Å². The van der Waals surface area contributed by atoms with Crippen LogP contribution in [0.15, 0.2) is 54.1 Å². The Morgan fingerprint density at radius 1 is 0.904 bits per heavy atom. The molecule has 9 atom stereocenters. The van der Waals surface area contributed by atoms with E-state index in [4.69, 9.17) is 0 Å². The van der Waals surface area contributed by atoms with E-state index in [1.807, 2.05) is 12.1 Å². The van der Waals surface area contributed by atoms with Crippen molar-refractivity contribution in [3.63, 3.8) is 0 Å². The fourth-order valence-corrected chi connectivity index (χ4v) is 16.7. The summed E-state index contributed by atoms with van der Waals surface area (Å²) in [5.74, 6) is 2.95. The molecule has 6 nitrogen and oxygen atoms in total. The van der Waals surface area contributed by atoms with Crippen LogP contribution in [0.25, 0.3) is 10.1 Å². The number of ketones is 1. The second-order valence-electron chi connectivity index (χ2n) is 20.2. The zero-order valence-corrected chi connectivity index (χ0v) is 32.1. The molecular weight excluding hydrogens is 667 g/mol. The normalized spacial score (nSPS) is 47.4. The number of aliphatic hydroxyl groups excluding tert-OH is 3. The van der Waals surface area contributed by atoms with Gasteiger partial charge < -0.3 is 20.4 Å². The summed E-state index contributed by atoms with van der Waals surface area (Å²) < 4.78 is 1.13. The first kappa shape index (κ1) is 34.6. The van der Waals surface area contributed by atoms with Crippen LogP contribution in [0, 0.1) is 56.7 Å². The van der Waals surface area contributed by atoms with Gasteiger partial charge in [0.25, 0.3) is 0 Å². The third-order valence-electron chi connectivity index (χ3n) is 17.5. The first-order chi connectivity index (χ1) is 24.8. The average molecular weight is 726 g/mol. The number of rotatable bonds is 9. The van der Waals surface area contributed by atoms with Gasteiger partial charge in [0.05, 0.1) is 29.3 Å². The van der Waals surface area contributed by atoms with E-state index < -0.39 is 22.5 Å². The van der Waals surface area contributed by atoms with Crippen molar-refractivity contribution in [2.45, 2.75) is 115 Å². The van der Waals surface area contributed by atoms with Crippen molar-refractivity contribution >= 4 is 27.2 Å². The van der Waals surface area contributed by atoms with Gasteiger partial charge in [0, 0.05) is 46.2 Å². The third kappa shape index (κ3) is 4.68. The van der Waals surface area contributed by atoms with Gasteiger partial charge >= 0.3 is 0 Å². The molecule has 10 aliphatic carbocycles. The molecule has 0 saturated heterocycles. The molecule has 1 heterocycles. The summed E-state index contributed by atoms with van der Waals surface area (Å²) in [5, 5.41) is 46.4. The molecule has 10 aliphatic rings. The second kappa shape index (κ2) is 11.6. The van der Waals surface area contributed by atoms with E-state index in [-0.39, 0.29) is 46.6 Å². The molecule has 7 fully saturated rings. The number of carbonyl (C=O) groups is 1. The molecule has 12 rings (SSSR count). The van der Waals surface area contributed by atoms with Gasteiger partial charge in [-0.1, -0.05) is 50.3 Å². The highest BCUT2D eigenvalue weighted by molar-refractivity contribution is 7.21. The van der Waals surface area contributed by atoms with Crippen molar-refractivity contribution in [3.05, 3.63) is 59.0 Å². The monoisotopic (exact) mass is 725 g/mol. The molecule has 1 aromatic carbocycles. The van der Waals surface area contributed by atoms with Crippen molar-refractivity contribution in [2.24, 2.45) is 56.7 Å². The Hall–Kier alpha value is -1.87. The molecule has 1 aromatic heterocycles. The van der Waals surface area contributed by atoms with Crippen LogP contribution < -0.4 is 0 Å². The molecule has 9 unspecified atom stereocenters. The Balaban J connectivity index is 1.03. The van der Waals surface area contributed by atoms with Crippen LogP contribution in [0.1, 0.15) is 107 Å². The topological polar surface area (TPSA) is 101 Å². The number of nitrogens with zero attached hydrogens (tertiary/aromatic N) is 1. The van der Waals surface area contributed by atoms with Crippen LogP contribution in [0.3, 0.4) is 0 Å². The first-order valence-corrected chi connectivity index (χ1v) is 21.5. The molecular formula is C45H59NO5S. The lowest BCUT2D eigenvalue weighted by molar-refractivity contribution is -0.179. The standard InChI is InChI=1S/C45H59NO5S/c1-40-10-7-32(48)22-43(40)13-14-45(34(23-43)39(50)36-18-31-5-3-4-6-35(31)52-36)37(40)8-11-41(2)38(45)9-12-44(41,51)27-46(24-33(49)25-47)26-42-19-28-15-29(20-42)17-30(16-28)21-42/h3-6,13-14,18,23,28-30,32-33,37-38,47-49,51H,7-12,15-17,19-22,24-27H2,1-2H3. The lowest BCUT2D eigenvalue weighted by Gasteiger charge is -2.71. The lowest BCUT2D eigenvalue weighted by atomic mass is 9.32. The average Bonchev–Trinajstić information content (AvgIpc) is 3.65. The van der Waals surface area contributed by atoms with Crippen LogP contribution in [-0.2, 0) is 0 Å². The van der Waals surface area contributed by atoms with Gasteiger partial charge in [-0.25, -0.2) is 0 Å². The summed E-state index contributed by atoms with van der Waals surface area (Å²) in [6.45, 7) is 6.29. The van der Waals surface area contributed by atoms with Crippen LogP contribution >= 0.6 is 11.3 Å². The van der Waals surface area contributed by atoms with Gasteiger partial charge in [-0.05, 0) is 141 Å². The molecule has 7 saturated carbocycles. The van der Waals surface area contributed by atoms with Crippen molar-refractivity contribution in [1.82, 2.24) is 4.90 Å². The van der Waals surface area contributed by atoms with Crippen LogP contribution in [0.2, 0.25) is 0 Å². The Labute approximate surface area is 313 Å². The molecule has 0 radical (unpaired) electrons. The fraction of sp³-hybridized carbons (Fsp3) is 0.711. The van der Waals surface area contributed by atoms with E-state index in [0.29, 0.717) is 25.9 Å². The lowest BCUT2D eigenvalue weighted by Crippen LogP contribution is -2.67. The summed E-state index contributed by atoms with van der Waals surface area (Å²) in [7, 11) is 0. The SMILES string of the molecule is CC12CCC(O)CC13C=CC1(C(C(=O)c4cc5ccccc5s4)=C3)C2CCC2(C)C1CCC2(O)CN(CC(O)CO)CC12CC3CC(CC(C3)C1)C2. The Morgan fingerprint density at radius 2 is 1.58 bits per heavy atom. The third-order valence-corrected chi connectivity index (χ3v) is 18.6. The minimum Gasteiger partial charge on any atom is -0.394 e. The number of hydrogen-bond donors (Lipinski definition) is 4. The molecule has 6 bridgehead atoms. The predicted molar refractivity (Wildman–Crippen MR) is 205 cm³/mol. The van der Waals surface area contributed by atoms with Crippen LogP contribution in [0.5, 0.6) is 0 Å². The van der Waals surface area contributed by atoms with Crippen molar-refractivity contribution < 1.29 is 25.2 Å². The van der Waals surface area contributed by atoms with E-state index >= 15 is 4.79 Å². The van der Waals surface area contributed by atoms with Crippen LogP contribution in [-0.4, -0.2) is 75.2 Å². The van der Waals surface area contributed by atoms with Crippen LogP contribution in [0.4, 0.5) is 0 Å². The van der Waals surface area contributed by atoms with Crippen molar-refractivity contribution in [1.29, 1.82) is 0 Å². The highest BCUT2D eigenvalue weighted by Crippen LogP contribution is 2.78. The number of Topliss-reactive ketones (excluding diaryl/α,β-unsaturated/α-hetero) is 1. The Kier molecular flexibility index (Phi) is 7.71. The summed E-state index contributed by atoms with van der Waals surface area (Å²) in [4.78, 5) is 18.3. The number of allylic oxidation sites excluding steroid dienone is 4. The Morgan fingerprint density at radius 3 is 2.29 bits per heavy atom. The minimum absolute atomic E-state index is 0.0667. The number of thiophene rings is 1. The summed E-state index contributed by atoms with van der Waals surface area (Å²) in [5.41, 5.74) is -1.15. The smallest absolute Gasteiger partial charge is 0.199 e. The number of fused-ring (bicyclic) bond motifs is 2. The van der Waals surface area contributed by atoms with Gasteiger partial charge in [-0.2, -0.15) is 0 Å². The molecule has 4 N–H and O–H groups in total. The van der Waals surface area contributed by atoms with Gasteiger partial charge in [0.1, 0.15) is 0 Å². The number of benzene rings is 1. The quantitative estimate of drug-likeness (QED) is 0.158. The van der Waals surface area contributed by atoms with E-state index in [9.17, 15) is 20.4 Å². The summed E-state index contributed by atoms with van der Waals surface area (Å²) >= 11 is 1.59. The summed E-state index contributed by atoms with van der Waals surface area (Å²) in [6.07, 6.45) is 19.7.